The highest BCUT2D eigenvalue weighted by Gasteiger charge is 2.13. The second kappa shape index (κ2) is 4.75. The molecule has 0 aliphatic carbocycles. The standard InChI is InChI=1S/C13H13N3O2/c1-18-13(17)9-5-3-2-4-8(9)11-7-6-10(14)12(15)16-11/h2-7H,14H2,1H3,(H2,15,16). The quantitative estimate of drug-likeness (QED) is 0.783. The maximum atomic E-state index is 11.7. The maximum absolute atomic E-state index is 11.7. The fourth-order valence-electron chi connectivity index (χ4n) is 1.63. The highest BCUT2D eigenvalue weighted by atomic mass is 16.5. The average Bonchev–Trinajstić information content (AvgIpc) is 2.41. The van der Waals surface area contributed by atoms with E-state index in [4.69, 9.17) is 16.2 Å². The molecule has 0 bridgehead atoms. The van der Waals surface area contributed by atoms with Crippen molar-refractivity contribution in [1.82, 2.24) is 4.98 Å². The smallest absolute Gasteiger partial charge is 0.338 e. The fourth-order valence-corrected chi connectivity index (χ4v) is 1.63. The van der Waals surface area contributed by atoms with Gasteiger partial charge in [-0.15, -0.1) is 0 Å². The number of carbonyl (C=O) groups excluding carboxylic acids is 1. The molecule has 2 rings (SSSR count). The number of nitrogen functional groups attached to an aromatic ring is 2. The van der Waals surface area contributed by atoms with Crippen molar-refractivity contribution in [3.63, 3.8) is 0 Å². The lowest BCUT2D eigenvalue weighted by Crippen LogP contribution is -2.05. The van der Waals surface area contributed by atoms with Crippen molar-refractivity contribution >= 4 is 17.5 Å². The Morgan fingerprint density at radius 3 is 2.56 bits per heavy atom. The number of anilines is 2. The number of hydrogen-bond acceptors (Lipinski definition) is 5. The molecule has 0 amide bonds. The lowest BCUT2D eigenvalue weighted by atomic mass is 10.0. The average molecular weight is 243 g/mol. The Hall–Kier alpha value is -2.56. The summed E-state index contributed by atoms with van der Waals surface area (Å²) in [5.74, 6) is -0.171. The minimum Gasteiger partial charge on any atom is -0.465 e. The van der Waals surface area contributed by atoms with Gasteiger partial charge in [0, 0.05) is 5.56 Å². The number of nitrogens with zero attached hydrogens (tertiary/aromatic N) is 1. The number of methoxy groups -OCH3 is 1. The first-order chi connectivity index (χ1) is 8.63. The topological polar surface area (TPSA) is 91.2 Å². The van der Waals surface area contributed by atoms with E-state index in [0.717, 1.165) is 0 Å². The zero-order valence-electron chi connectivity index (χ0n) is 9.88. The molecule has 0 spiro atoms. The van der Waals surface area contributed by atoms with Crippen LogP contribution in [-0.4, -0.2) is 18.1 Å². The van der Waals surface area contributed by atoms with Gasteiger partial charge in [-0.05, 0) is 18.2 Å². The van der Waals surface area contributed by atoms with Gasteiger partial charge in [0.1, 0.15) is 5.82 Å². The van der Waals surface area contributed by atoms with Gasteiger partial charge < -0.3 is 16.2 Å². The minimum absolute atomic E-state index is 0.243. The normalized spacial score (nSPS) is 10.1. The molecule has 92 valence electrons. The molecule has 18 heavy (non-hydrogen) atoms. The number of ether oxygens (including phenoxy) is 1. The summed E-state index contributed by atoms with van der Waals surface area (Å²) < 4.78 is 4.73. The van der Waals surface area contributed by atoms with E-state index >= 15 is 0 Å². The van der Waals surface area contributed by atoms with E-state index in [1.54, 1.807) is 30.3 Å². The van der Waals surface area contributed by atoms with Crippen molar-refractivity contribution in [2.75, 3.05) is 18.6 Å². The van der Waals surface area contributed by atoms with Crippen molar-refractivity contribution in [2.24, 2.45) is 0 Å². The van der Waals surface area contributed by atoms with E-state index in [2.05, 4.69) is 4.98 Å². The van der Waals surface area contributed by atoms with Gasteiger partial charge in [0.2, 0.25) is 0 Å². The molecule has 0 unspecified atom stereocenters. The number of esters is 1. The first-order valence-corrected chi connectivity index (χ1v) is 5.33. The number of hydrogen-bond donors (Lipinski definition) is 2. The van der Waals surface area contributed by atoms with Crippen LogP contribution < -0.4 is 11.5 Å². The fraction of sp³-hybridized carbons (Fsp3) is 0.0769. The first-order valence-electron chi connectivity index (χ1n) is 5.33. The zero-order chi connectivity index (χ0) is 13.1. The number of aromatic nitrogens is 1. The monoisotopic (exact) mass is 243 g/mol. The number of nitrogens with two attached hydrogens (primary N) is 2. The van der Waals surface area contributed by atoms with Crippen LogP contribution in [0.4, 0.5) is 11.5 Å². The molecule has 2 aromatic rings. The van der Waals surface area contributed by atoms with E-state index in [0.29, 0.717) is 22.5 Å². The SMILES string of the molecule is COC(=O)c1ccccc1-c1ccc(N)c(N)n1. The highest BCUT2D eigenvalue weighted by molar-refractivity contribution is 5.96. The van der Waals surface area contributed by atoms with Crippen LogP contribution in [-0.2, 0) is 4.74 Å². The molecule has 1 aromatic carbocycles. The molecule has 0 saturated heterocycles. The molecule has 1 heterocycles. The van der Waals surface area contributed by atoms with Gasteiger partial charge in [0.05, 0.1) is 24.1 Å². The van der Waals surface area contributed by atoms with Crippen LogP contribution >= 0.6 is 0 Å². The molecule has 0 radical (unpaired) electrons. The maximum Gasteiger partial charge on any atom is 0.338 e. The van der Waals surface area contributed by atoms with E-state index in [-0.39, 0.29) is 5.82 Å². The van der Waals surface area contributed by atoms with Gasteiger partial charge in [0.15, 0.2) is 0 Å². The third-order valence-electron chi connectivity index (χ3n) is 2.57. The Morgan fingerprint density at radius 2 is 1.89 bits per heavy atom. The Bertz CT molecular complexity index is 597. The largest absolute Gasteiger partial charge is 0.465 e. The third-order valence-corrected chi connectivity index (χ3v) is 2.57. The van der Waals surface area contributed by atoms with Crippen LogP contribution in [0, 0.1) is 0 Å². The summed E-state index contributed by atoms with van der Waals surface area (Å²) in [6, 6.07) is 10.4. The van der Waals surface area contributed by atoms with Crippen LogP contribution in [0.1, 0.15) is 10.4 Å². The van der Waals surface area contributed by atoms with Crippen molar-refractivity contribution < 1.29 is 9.53 Å². The molecule has 4 N–H and O–H groups in total. The van der Waals surface area contributed by atoms with E-state index in [1.165, 1.54) is 7.11 Å². The summed E-state index contributed by atoms with van der Waals surface area (Å²) in [6.45, 7) is 0. The molecular formula is C13H13N3O2. The highest BCUT2D eigenvalue weighted by Crippen LogP contribution is 2.25. The molecule has 0 aliphatic heterocycles. The van der Waals surface area contributed by atoms with Crippen LogP contribution in [0.25, 0.3) is 11.3 Å². The summed E-state index contributed by atoms with van der Waals surface area (Å²) in [7, 11) is 1.34. The molecule has 0 atom stereocenters. The van der Waals surface area contributed by atoms with Crippen molar-refractivity contribution in [2.45, 2.75) is 0 Å². The van der Waals surface area contributed by atoms with Gasteiger partial charge in [-0.25, -0.2) is 9.78 Å². The number of benzene rings is 1. The molecule has 0 fully saturated rings. The molecular weight excluding hydrogens is 230 g/mol. The van der Waals surface area contributed by atoms with Gasteiger partial charge in [-0.2, -0.15) is 0 Å². The van der Waals surface area contributed by atoms with E-state index in [9.17, 15) is 4.79 Å². The predicted molar refractivity (Wildman–Crippen MR) is 69.8 cm³/mol. The Kier molecular flexibility index (Phi) is 3.14. The summed E-state index contributed by atoms with van der Waals surface area (Å²) >= 11 is 0. The number of carbonyl (C=O) groups is 1. The Labute approximate surface area is 104 Å². The molecule has 0 saturated carbocycles. The van der Waals surface area contributed by atoms with Crippen LogP contribution in [0.2, 0.25) is 0 Å². The predicted octanol–water partition coefficient (Wildman–Crippen LogP) is 1.70. The summed E-state index contributed by atoms with van der Waals surface area (Å²) in [5, 5.41) is 0. The Balaban J connectivity index is 2.56. The van der Waals surface area contributed by atoms with Crippen LogP contribution in [0.3, 0.4) is 0 Å². The summed E-state index contributed by atoms with van der Waals surface area (Å²) in [4.78, 5) is 15.8. The van der Waals surface area contributed by atoms with Gasteiger partial charge in [-0.1, -0.05) is 18.2 Å². The van der Waals surface area contributed by atoms with Gasteiger partial charge in [0.25, 0.3) is 0 Å². The second-order valence-electron chi connectivity index (χ2n) is 3.71. The third kappa shape index (κ3) is 2.10. The van der Waals surface area contributed by atoms with Crippen LogP contribution in [0.15, 0.2) is 36.4 Å². The molecule has 5 heteroatoms. The Morgan fingerprint density at radius 1 is 1.17 bits per heavy atom. The zero-order valence-corrected chi connectivity index (χ0v) is 9.88. The van der Waals surface area contributed by atoms with Crippen molar-refractivity contribution in [3.05, 3.63) is 42.0 Å². The lowest BCUT2D eigenvalue weighted by molar-refractivity contribution is 0.0601. The summed E-state index contributed by atoms with van der Waals surface area (Å²) in [5.41, 5.74) is 13.4. The molecule has 1 aromatic heterocycles. The van der Waals surface area contributed by atoms with Crippen molar-refractivity contribution in [1.29, 1.82) is 0 Å². The molecule has 0 aliphatic rings. The van der Waals surface area contributed by atoms with Gasteiger partial charge in [-0.3, -0.25) is 0 Å². The van der Waals surface area contributed by atoms with Crippen molar-refractivity contribution in [3.8, 4) is 11.3 Å². The minimum atomic E-state index is -0.414. The second-order valence-corrected chi connectivity index (χ2v) is 3.71. The van der Waals surface area contributed by atoms with Crippen LogP contribution in [0.5, 0.6) is 0 Å². The summed E-state index contributed by atoms with van der Waals surface area (Å²) in [6.07, 6.45) is 0. The number of pyridine rings is 1. The lowest BCUT2D eigenvalue weighted by Gasteiger charge is -2.08. The number of rotatable bonds is 2. The van der Waals surface area contributed by atoms with Gasteiger partial charge >= 0.3 is 5.97 Å². The van der Waals surface area contributed by atoms with E-state index < -0.39 is 5.97 Å². The molecule has 5 nitrogen and oxygen atoms in total. The first kappa shape index (κ1) is 11.9. The van der Waals surface area contributed by atoms with E-state index in [1.807, 2.05) is 6.07 Å².